The summed E-state index contributed by atoms with van der Waals surface area (Å²) in [5.41, 5.74) is 2.69. The largest absolute Gasteiger partial charge is 0.289 e. The first-order valence-electron chi connectivity index (χ1n) is 5.77. The van der Waals surface area contributed by atoms with Gasteiger partial charge < -0.3 is 0 Å². The third kappa shape index (κ3) is 2.59. The molecule has 4 heteroatoms. The highest BCUT2D eigenvalue weighted by Crippen LogP contribution is 2.21. The standard InChI is InChI=1S/C14H16N2OS/c1-9-7-12(16(4)15-9)5-6-14(17)13-8-10(2)18-11(13)3/h5-8H,1-4H3/b6-5+. The van der Waals surface area contributed by atoms with Gasteiger partial charge in [0, 0.05) is 22.4 Å². The number of ketones is 1. The number of nitrogens with zero attached hydrogens (tertiary/aromatic N) is 2. The third-order valence-electron chi connectivity index (χ3n) is 2.75. The van der Waals surface area contributed by atoms with Crippen molar-refractivity contribution in [2.75, 3.05) is 0 Å². The molecule has 0 aliphatic heterocycles. The van der Waals surface area contributed by atoms with E-state index in [9.17, 15) is 4.79 Å². The number of carbonyl (C=O) groups excluding carboxylic acids is 1. The lowest BCUT2D eigenvalue weighted by Crippen LogP contribution is -1.96. The number of thiophene rings is 1. The molecule has 2 rings (SSSR count). The molecule has 0 atom stereocenters. The predicted molar refractivity (Wildman–Crippen MR) is 75.1 cm³/mol. The van der Waals surface area contributed by atoms with Gasteiger partial charge >= 0.3 is 0 Å². The van der Waals surface area contributed by atoms with Crippen LogP contribution in [0.25, 0.3) is 6.08 Å². The Balaban J connectivity index is 2.22. The van der Waals surface area contributed by atoms with Crippen LogP contribution in [0.3, 0.4) is 0 Å². The summed E-state index contributed by atoms with van der Waals surface area (Å²) in [5.74, 6) is 0.0516. The van der Waals surface area contributed by atoms with E-state index in [1.165, 1.54) is 4.88 Å². The second-order valence-corrected chi connectivity index (χ2v) is 5.82. The van der Waals surface area contributed by atoms with Gasteiger partial charge in [-0.1, -0.05) is 0 Å². The van der Waals surface area contributed by atoms with E-state index in [4.69, 9.17) is 0 Å². The van der Waals surface area contributed by atoms with Crippen LogP contribution in [0.2, 0.25) is 0 Å². The van der Waals surface area contributed by atoms with Gasteiger partial charge in [0.1, 0.15) is 0 Å². The molecule has 0 bridgehead atoms. The zero-order valence-corrected chi connectivity index (χ0v) is 11.8. The first kappa shape index (κ1) is 12.8. The number of carbonyl (C=O) groups is 1. The number of aromatic nitrogens is 2. The molecular weight excluding hydrogens is 244 g/mol. The van der Waals surface area contributed by atoms with Gasteiger partial charge in [-0.2, -0.15) is 5.10 Å². The van der Waals surface area contributed by atoms with Crippen LogP contribution < -0.4 is 0 Å². The van der Waals surface area contributed by atoms with E-state index in [-0.39, 0.29) is 5.78 Å². The summed E-state index contributed by atoms with van der Waals surface area (Å²) in [6.45, 7) is 5.93. The zero-order chi connectivity index (χ0) is 13.3. The van der Waals surface area contributed by atoms with Crippen LogP contribution >= 0.6 is 11.3 Å². The lowest BCUT2D eigenvalue weighted by atomic mass is 10.1. The van der Waals surface area contributed by atoms with Crippen LogP contribution in [0, 0.1) is 20.8 Å². The van der Waals surface area contributed by atoms with Gasteiger partial charge in [0.2, 0.25) is 0 Å². The molecule has 2 aromatic rings. The molecule has 0 spiro atoms. The summed E-state index contributed by atoms with van der Waals surface area (Å²) in [6.07, 6.45) is 3.43. The first-order chi connectivity index (χ1) is 8.47. The summed E-state index contributed by atoms with van der Waals surface area (Å²) in [6, 6.07) is 3.90. The van der Waals surface area contributed by atoms with Crippen molar-refractivity contribution in [3.05, 3.63) is 44.9 Å². The van der Waals surface area contributed by atoms with Crippen molar-refractivity contribution in [1.82, 2.24) is 9.78 Å². The molecular formula is C14H16N2OS. The summed E-state index contributed by atoms with van der Waals surface area (Å²) >= 11 is 1.65. The zero-order valence-electron chi connectivity index (χ0n) is 11.0. The van der Waals surface area contributed by atoms with Gasteiger partial charge in [0.15, 0.2) is 5.78 Å². The fourth-order valence-electron chi connectivity index (χ4n) is 1.91. The van der Waals surface area contributed by atoms with Gasteiger partial charge in [-0.3, -0.25) is 9.48 Å². The van der Waals surface area contributed by atoms with Crippen LogP contribution in [-0.2, 0) is 7.05 Å². The molecule has 2 aromatic heterocycles. The molecule has 18 heavy (non-hydrogen) atoms. The third-order valence-corrected chi connectivity index (χ3v) is 3.72. The number of rotatable bonds is 3. The summed E-state index contributed by atoms with van der Waals surface area (Å²) < 4.78 is 1.77. The predicted octanol–water partition coefficient (Wildman–Crippen LogP) is 3.30. The van der Waals surface area contributed by atoms with E-state index in [0.717, 1.165) is 21.8 Å². The average molecular weight is 260 g/mol. The molecule has 2 heterocycles. The van der Waals surface area contributed by atoms with Gasteiger partial charge in [-0.15, -0.1) is 11.3 Å². The maximum Gasteiger partial charge on any atom is 0.187 e. The Kier molecular flexibility index (Phi) is 3.48. The van der Waals surface area contributed by atoms with Crippen molar-refractivity contribution in [3.63, 3.8) is 0 Å². The summed E-state index contributed by atoms with van der Waals surface area (Å²) in [7, 11) is 1.87. The quantitative estimate of drug-likeness (QED) is 0.627. The Morgan fingerprint density at radius 3 is 2.56 bits per heavy atom. The van der Waals surface area contributed by atoms with Crippen molar-refractivity contribution in [3.8, 4) is 0 Å². The molecule has 0 aromatic carbocycles. The Morgan fingerprint density at radius 2 is 2.06 bits per heavy atom. The van der Waals surface area contributed by atoms with E-state index in [2.05, 4.69) is 5.10 Å². The summed E-state index contributed by atoms with van der Waals surface area (Å²) in [4.78, 5) is 14.3. The average Bonchev–Trinajstić information content (AvgIpc) is 2.78. The van der Waals surface area contributed by atoms with E-state index in [1.807, 2.05) is 46.0 Å². The van der Waals surface area contributed by atoms with Crippen LogP contribution in [0.15, 0.2) is 18.2 Å². The molecule has 94 valence electrons. The number of hydrogen-bond acceptors (Lipinski definition) is 3. The van der Waals surface area contributed by atoms with E-state index < -0.39 is 0 Å². The minimum atomic E-state index is 0.0516. The maximum absolute atomic E-state index is 12.1. The van der Waals surface area contributed by atoms with Crippen molar-refractivity contribution in [1.29, 1.82) is 0 Å². The molecule has 0 unspecified atom stereocenters. The summed E-state index contributed by atoms with van der Waals surface area (Å²) in [5, 5.41) is 4.24. The number of aryl methyl sites for hydroxylation is 4. The normalized spacial score (nSPS) is 11.3. The van der Waals surface area contributed by atoms with Crippen molar-refractivity contribution >= 4 is 23.2 Å². The lowest BCUT2D eigenvalue weighted by molar-refractivity contribution is 0.104. The van der Waals surface area contributed by atoms with E-state index in [0.29, 0.717) is 0 Å². The van der Waals surface area contributed by atoms with E-state index in [1.54, 1.807) is 22.1 Å². The Bertz CT molecular complexity index is 620. The minimum absolute atomic E-state index is 0.0516. The van der Waals surface area contributed by atoms with Gasteiger partial charge in [-0.25, -0.2) is 0 Å². The van der Waals surface area contributed by atoms with Gasteiger partial charge in [-0.05, 0) is 45.1 Å². The Labute approximate surface area is 111 Å². The molecule has 0 saturated heterocycles. The van der Waals surface area contributed by atoms with Crippen molar-refractivity contribution in [2.45, 2.75) is 20.8 Å². The molecule has 0 aliphatic rings. The second kappa shape index (κ2) is 4.90. The van der Waals surface area contributed by atoms with E-state index >= 15 is 0 Å². The fourth-order valence-corrected chi connectivity index (χ4v) is 2.84. The van der Waals surface area contributed by atoms with Gasteiger partial charge in [0.25, 0.3) is 0 Å². The highest BCUT2D eigenvalue weighted by Gasteiger charge is 2.09. The SMILES string of the molecule is Cc1cc(/C=C/C(=O)c2cc(C)sc2C)n(C)n1. The molecule has 0 radical (unpaired) electrons. The molecule has 0 aliphatic carbocycles. The van der Waals surface area contributed by atoms with Crippen molar-refractivity contribution in [2.24, 2.45) is 7.05 Å². The number of allylic oxidation sites excluding steroid dienone is 1. The topological polar surface area (TPSA) is 34.9 Å². The molecule has 0 N–H and O–H groups in total. The fraction of sp³-hybridized carbons (Fsp3) is 0.286. The lowest BCUT2D eigenvalue weighted by Gasteiger charge is -1.94. The van der Waals surface area contributed by atoms with Crippen LogP contribution in [-0.4, -0.2) is 15.6 Å². The molecule has 0 fully saturated rings. The second-order valence-electron chi connectivity index (χ2n) is 4.36. The monoisotopic (exact) mass is 260 g/mol. The number of hydrogen-bond donors (Lipinski definition) is 0. The Morgan fingerprint density at radius 1 is 1.33 bits per heavy atom. The molecule has 3 nitrogen and oxygen atoms in total. The highest BCUT2D eigenvalue weighted by atomic mass is 32.1. The smallest absolute Gasteiger partial charge is 0.187 e. The van der Waals surface area contributed by atoms with Crippen LogP contribution in [0.4, 0.5) is 0 Å². The molecule has 0 amide bonds. The molecule has 0 saturated carbocycles. The minimum Gasteiger partial charge on any atom is -0.289 e. The van der Waals surface area contributed by atoms with Crippen LogP contribution in [0.1, 0.15) is 31.5 Å². The first-order valence-corrected chi connectivity index (χ1v) is 6.59. The Hall–Kier alpha value is -1.68. The maximum atomic E-state index is 12.1. The highest BCUT2D eigenvalue weighted by molar-refractivity contribution is 7.12. The van der Waals surface area contributed by atoms with Gasteiger partial charge in [0.05, 0.1) is 11.4 Å². The van der Waals surface area contributed by atoms with Crippen molar-refractivity contribution < 1.29 is 4.79 Å². The van der Waals surface area contributed by atoms with Crippen LogP contribution in [0.5, 0.6) is 0 Å².